The number of carboxylic acid groups (broad SMARTS) is 1. The van der Waals surface area contributed by atoms with E-state index in [0.29, 0.717) is 16.7 Å². The number of carboxylic acids is 1. The third kappa shape index (κ3) is 1.88. The van der Waals surface area contributed by atoms with E-state index < -0.39 is 5.97 Å². The zero-order chi connectivity index (χ0) is 13.9. The van der Waals surface area contributed by atoms with Crippen LogP contribution in [0.5, 0.6) is 0 Å². The summed E-state index contributed by atoms with van der Waals surface area (Å²) in [5.74, 6) is 1.92. The smallest absolute Gasteiger partial charge is 0.339 e. The Morgan fingerprint density at radius 2 is 1.85 bits per heavy atom. The topological polar surface area (TPSA) is 55.1 Å². The van der Waals surface area contributed by atoms with E-state index in [1.54, 1.807) is 13.1 Å². The highest BCUT2D eigenvalue weighted by Crippen LogP contribution is 2.60. The van der Waals surface area contributed by atoms with E-state index >= 15 is 0 Å². The van der Waals surface area contributed by atoms with Crippen LogP contribution in [-0.2, 0) is 6.54 Å². The van der Waals surface area contributed by atoms with Gasteiger partial charge in [0.05, 0.1) is 5.69 Å². The second-order valence-electron chi connectivity index (χ2n) is 7.55. The predicted molar refractivity (Wildman–Crippen MR) is 74.5 cm³/mol. The molecule has 108 valence electrons. The van der Waals surface area contributed by atoms with Gasteiger partial charge in [-0.2, -0.15) is 5.10 Å². The number of nitrogens with zero attached hydrogens (tertiary/aromatic N) is 2. The van der Waals surface area contributed by atoms with Crippen molar-refractivity contribution < 1.29 is 9.90 Å². The molecule has 0 spiro atoms. The molecule has 4 aliphatic rings. The Kier molecular flexibility index (Phi) is 2.54. The standard InChI is InChI=1S/C16H22N2O2/c1-10-14(15(19)20)8-18(17-10)9-16-5-11-2-12(6-16)4-13(3-11)7-16/h8,11-13H,2-7,9H2,1H3,(H,19,20). The normalized spacial score (nSPS) is 38.4. The first-order valence-electron chi connectivity index (χ1n) is 7.80. The summed E-state index contributed by atoms with van der Waals surface area (Å²) >= 11 is 0. The van der Waals surface area contributed by atoms with Crippen LogP contribution in [0, 0.1) is 30.1 Å². The fourth-order valence-electron chi connectivity index (χ4n) is 5.64. The van der Waals surface area contributed by atoms with Crippen LogP contribution in [0.2, 0.25) is 0 Å². The molecule has 1 N–H and O–H groups in total. The van der Waals surface area contributed by atoms with Gasteiger partial charge in [0.2, 0.25) is 0 Å². The van der Waals surface area contributed by atoms with Crippen LogP contribution in [0.4, 0.5) is 0 Å². The van der Waals surface area contributed by atoms with Crippen LogP contribution >= 0.6 is 0 Å². The number of aryl methyl sites for hydroxylation is 1. The van der Waals surface area contributed by atoms with Gasteiger partial charge in [-0.05, 0) is 68.6 Å². The largest absolute Gasteiger partial charge is 0.478 e. The van der Waals surface area contributed by atoms with Crippen molar-refractivity contribution in [1.82, 2.24) is 9.78 Å². The average molecular weight is 274 g/mol. The molecule has 4 heteroatoms. The molecule has 4 nitrogen and oxygen atoms in total. The van der Waals surface area contributed by atoms with Gasteiger partial charge in [-0.1, -0.05) is 0 Å². The van der Waals surface area contributed by atoms with Crippen LogP contribution in [0.25, 0.3) is 0 Å². The minimum Gasteiger partial charge on any atom is -0.478 e. The number of carbonyl (C=O) groups is 1. The van der Waals surface area contributed by atoms with E-state index in [-0.39, 0.29) is 0 Å². The molecular weight excluding hydrogens is 252 g/mol. The van der Waals surface area contributed by atoms with Crippen LogP contribution in [0.1, 0.15) is 54.6 Å². The van der Waals surface area contributed by atoms with Crippen molar-refractivity contribution in [2.75, 3.05) is 0 Å². The van der Waals surface area contributed by atoms with Crippen molar-refractivity contribution in [3.63, 3.8) is 0 Å². The number of aromatic carboxylic acids is 1. The van der Waals surface area contributed by atoms with Gasteiger partial charge in [-0.3, -0.25) is 4.68 Å². The molecule has 0 unspecified atom stereocenters. The van der Waals surface area contributed by atoms with Gasteiger partial charge in [0.15, 0.2) is 0 Å². The van der Waals surface area contributed by atoms with E-state index in [1.165, 1.54) is 38.5 Å². The Morgan fingerprint density at radius 3 is 2.30 bits per heavy atom. The first kappa shape index (κ1) is 12.4. The number of hydrogen-bond donors (Lipinski definition) is 1. The van der Waals surface area contributed by atoms with E-state index in [1.807, 2.05) is 4.68 Å². The lowest BCUT2D eigenvalue weighted by atomic mass is 9.49. The minimum absolute atomic E-state index is 0.356. The van der Waals surface area contributed by atoms with Gasteiger partial charge >= 0.3 is 5.97 Å². The van der Waals surface area contributed by atoms with Crippen LogP contribution in [0.15, 0.2) is 6.20 Å². The Labute approximate surface area is 119 Å². The highest BCUT2D eigenvalue weighted by Gasteiger charge is 2.51. The molecule has 4 bridgehead atoms. The zero-order valence-corrected chi connectivity index (χ0v) is 12.0. The summed E-state index contributed by atoms with van der Waals surface area (Å²) in [5.41, 5.74) is 1.40. The molecule has 4 aliphatic carbocycles. The van der Waals surface area contributed by atoms with Gasteiger partial charge in [0.25, 0.3) is 0 Å². The van der Waals surface area contributed by atoms with Crippen LogP contribution < -0.4 is 0 Å². The number of rotatable bonds is 3. The fourth-order valence-corrected chi connectivity index (χ4v) is 5.64. The third-order valence-corrected chi connectivity index (χ3v) is 5.84. The molecule has 5 rings (SSSR count). The summed E-state index contributed by atoms with van der Waals surface area (Å²) in [6, 6.07) is 0. The molecule has 4 saturated carbocycles. The molecule has 0 aliphatic heterocycles. The van der Waals surface area contributed by atoms with Crippen molar-refractivity contribution >= 4 is 5.97 Å². The summed E-state index contributed by atoms with van der Waals surface area (Å²) in [4.78, 5) is 11.1. The highest BCUT2D eigenvalue weighted by molar-refractivity contribution is 5.88. The number of aromatic nitrogens is 2. The summed E-state index contributed by atoms with van der Waals surface area (Å²) < 4.78 is 1.91. The molecule has 0 aromatic carbocycles. The van der Waals surface area contributed by atoms with Gasteiger partial charge < -0.3 is 5.11 Å². The SMILES string of the molecule is Cc1nn(CC23CC4CC(CC(C4)C2)C3)cc1C(=O)O. The predicted octanol–water partition coefficient (Wildman–Crippen LogP) is 3.11. The summed E-state index contributed by atoms with van der Waals surface area (Å²) in [5, 5.41) is 13.6. The molecule has 0 atom stereocenters. The number of hydrogen-bond acceptors (Lipinski definition) is 2. The van der Waals surface area contributed by atoms with E-state index in [2.05, 4.69) is 5.10 Å². The van der Waals surface area contributed by atoms with Crippen LogP contribution in [0.3, 0.4) is 0 Å². The molecule has 1 aromatic heterocycles. The average Bonchev–Trinajstić information content (AvgIpc) is 2.67. The Balaban J connectivity index is 1.59. The first-order valence-corrected chi connectivity index (χ1v) is 7.80. The van der Waals surface area contributed by atoms with Gasteiger partial charge in [-0.25, -0.2) is 4.79 Å². The molecule has 1 heterocycles. The van der Waals surface area contributed by atoms with E-state index in [9.17, 15) is 4.79 Å². The third-order valence-electron chi connectivity index (χ3n) is 5.84. The second-order valence-corrected chi connectivity index (χ2v) is 7.55. The molecule has 0 amide bonds. The lowest BCUT2D eigenvalue weighted by Crippen LogP contribution is -2.48. The maximum absolute atomic E-state index is 11.1. The maximum Gasteiger partial charge on any atom is 0.339 e. The van der Waals surface area contributed by atoms with E-state index in [4.69, 9.17) is 5.11 Å². The first-order chi connectivity index (χ1) is 9.53. The van der Waals surface area contributed by atoms with Crippen molar-refractivity contribution in [3.05, 3.63) is 17.5 Å². The summed E-state index contributed by atoms with van der Waals surface area (Å²) in [6.45, 7) is 2.71. The highest BCUT2D eigenvalue weighted by atomic mass is 16.4. The fraction of sp³-hybridized carbons (Fsp3) is 0.750. The molecule has 1 aromatic rings. The molecule has 0 saturated heterocycles. The maximum atomic E-state index is 11.1. The Hall–Kier alpha value is -1.32. The molecule has 0 radical (unpaired) electrons. The Morgan fingerprint density at radius 1 is 1.30 bits per heavy atom. The lowest BCUT2D eigenvalue weighted by Gasteiger charge is -2.56. The molecule has 20 heavy (non-hydrogen) atoms. The quantitative estimate of drug-likeness (QED) is 0.921. The summed E-state index contributed by atoms with van der Waals surface area (Å²) in [6.07, 6.45) is 10.1. The molecular formula is C16H22N2O2. The van der Waals surface area contributed by atoms with Crippen molar-refractivity contribution in [2.24, 2.45) is 23.2 Å². The zero-order valence-electron chi connectivity index (χ0n) is 12.0. The second kappa shape index (κ2) is 4.09. The van der Waals surface area contributed by atoms with Crippen molar-refractivity contribution in [3.8, 4) is 0 Å². The molecule has 4 fully saturated rings. The van der Waals surface area contributed by atoms with Crippen LogP contribution in [-0.4, -0.2) is 20.9 Å². The van der Waals surface area contributed by atoms with Gasteiger partial charge in [0.1, 0.15) is 5.56 Å². The monoisotopic (exact) mass is 274 g/mol. The van der Waals surface area contributed by atoms with Gasteiger partial charge in [0, 0.05) is 12.7 Å². The van der Waals surface area contributed by atoms with Crippen molar-refractivity contribution in [2.45, 2.75) is 52.0 Å². The summed E-state index contributed by atoms with van der Waals surface area (Å²) in [7, 11) is 0. The van der Waals surface area contributed by atoms with Crippen molar-refractivity contribution in [1.29, 1.82) is 0 Å². The lowest BCUT2D eigenvalue weighted by molar-refractivity contribution is -0.0635. The van der Waals surface area contributed by atoms with E-state index in [0.717, 1.165) is 24.3 Å². The minimum atomic E-state index is -0.862. The Bertz CT molecular complexity index is 526. The van der Waals surface area contributed by atoms with Gasteiger partial charge in [-0.15, -0.1) is 0 Å².